The first kappa shape index (κ1) is 18.6. The van der Waals surface area contributed by atoms with E-state index in [0.29, 0.717) is 13.1 Å². The number of amides is 1. The number of rotatable bonds is 6. The fourth-order valence-corrected chi connectivity index (χ4v) is 3.49. The molecule has 138 valence electrons. The van der Waals surface area contributed by atoms with Gasteiger partial charge in [0.15, 0.2) is 0 Å². The minimum atomic E-state index is 0.0250. The smallest absolute Gasteiger partial charge is 0.237 e. The molecule has 1 saturated heterocycles. The van der Waals surface area contributed by atoms with Crippen LogP contribution >= 0.6 is 0 Å². The first-order valence-electron chi connectivity index (χ1n) is 9.40. The lowest BCUT2D eigenvalue weighted by Gasteiger charge is -2.37. The molecule has 26 heavy (non-hydrogen) atoms. The Morgan fingerprint density at radius 1 is 1.08 bits per heavy atom. The van der Waals surface area contributed by atoms with Crippen molar-refractivity contribution < 1.29 is 9.53 Å². The summed E-state index contributed by atoms with van der Waals surface area (Å²) in [7, 11) is 0. The zero-order valence-electron chi connectivity index (χ0n) is 15.7. The van der Waals surface area contributed by atoms with E-state index in [0.717, 1.165) is 19.6 Å². The zero-order chi connectivity index (χ0) is 18.4. The van der Waals surface area contributed by atoms with Crippen LogP contribution in [0.3, 0.4) is 0 Å². The molecule has 4 nitrogen and oxygen atoms in total. The molecule has 1 fully saturated rings. The Kier molecular flexibility index (Phi) is 6.42. The van der Waals surface area contributed by atoms with E-state index in [4.69, 9.17) is 4.74 Å². The van der Waals surface area contributed by atoms with E-state index >= 15 is 0 Å². The van der Waals surface area contributed by atoms with Gasteiger partial charge < -0.3 is 9.64 Å². The SMILES string of the molecule is CCN(Cc1ccccc1)C(=O)CN1CC(C)OC(c2ccccc2)C1. The van der Waals surface area contributed by atoms with Crippen molar-refractivity contribution in [1.82, 2.24) is 9.80 Å². The number of hydrogen-bond donors (Lipinski definition) is 0. The van der Waals surface area contributed by atoms with E-state index in [9.17, 15) is 4.79 Å². The van der Waals surface area contributed by atoms with Crippen LogP contribution in [-0.4, -0.2) is 48.0 Å². The molecule has 0 N–H and O–H groups in total. The van der Waals surface area contributed by atoms with Crippen molar-refractivity contribution in [2.75, 3.05) is 26.2 Å². The summed E-state index contributed by atoms with van der Waals surface area (Å²) in [6, 6.07) is 20.4. The third kappa shape index (κ3) is 4.93. The first-order valence-corrected chi connectivity index (χ1v) is 9.40. The van der Waals surface area contributed by atoms with Crippen LogP contribution in [0.5, 0.6) is 0 Å². The van der Waals surface area contributed by atoms with Crippen molar-refractivity contribution in [2.24, 2.45) is 0 Å². The van der Waals surface area contributed by atoms with Crippen LogP contribution in [0.2, 0.25) is 0 Å². The fraction of sp³-hybridized carbons (Fsp3) is 0.409. The maximum absolute atomic E-state index is 12.8. The number of carbonyl (C=O) groups is 1. The van der Waals surface area contributed by atoms with Crippen LogP contribution in [0, 0.1) is 0 Å². The monoisotopic (exact) mass is 352 g/mol. The lowest BCUT2D eigenvalue weighted by molar-refractivity contribution is -0.137. The largest absolute Gasteiger partial charge is 0.368 e. The highest BCUT2D eigenvalue weighted by molar-refractivity contribution is 5.78. The molecule has 0 saturated carbocycles. The van der Waals surface area contributed by atoms with Gasteiger partial charge in [0.1, 0.15) is 0 Å². The summed E-state index contributed by atoms with van der Waals surface area (Å²) in [5, 5.41) is 0. The third-order valence-corrected chi connectivity index (χ3v) is 4.82. The Morgan fingerprint density at radius 2 is 1.73 bits per heavy atom. The van der Waals surface area contributed by atoms with Gasteiger partial charge in [-0.1, -0.05) is 60.7 Å². The van der Waals surface area contributed by atoms with Gasteiger partial charge in [-0.15, -0.1) is 0 Å². The molecule has 3 rings (SSSR count). The number of carbonyl (C=O) groups excluding carboxylic acids is 1. The van der Waals surface area contributed by atoms with Crippen LogP contribution in [0.1, 0.15) is 31.1 Å². The Balaban J connectivity index is 1.61. The molecular formula is C22H28N2O2. The topological polar surface area (TPSA) is 32.8 Å². The highest BCUT2D eigenvalue weighted by Crippen LogP contribution is 2.25. The molecular weight excluding hydrogens is 324 g/mol. The molecule has 1 amide bonds. The number of morpholine rings is 1. The number of likely N-dealkylation sites (N-methyl/N-ethyl adjacent to an activating group) is 1. The predicted molar refractivity (Wildman–Crippen MR) is 104 cm³/mol. The van der Waals surface area contributed by atoms with Gasteiger partial charge in [-0.2, -0.15) is 0 Å². The molecule has 1 aliphatic heterocycles. The Morgan fingerprint density at radius 3 is 2.38 bits per heavy atom. The lowest BCUT2D eigenvalue weighted by atomic mass is 10.1. The van der Waals surface area contributed by atoms with E-state index in [1.807, 2.05) is 48.2 Å². The molecule has 4 heteroatoms. The molecule has 0 bridgehead atoms. The average molecular weight is 352 g/mol. The Labute approximate surface area is 156 Å². The second-order valence-electron chi connectivity index (χ2n) is 6.93. The molecule has 1 heterocycles. The normalized spacial score (nSPS) is 20.7. The van der Waals surface area contributed by atoms with Gasteiger partial charge in [0.25, 0.3) is 0 Å². The van der Waals surface area contributed by atoms with Gasteiger partial charge in [-0.05, 0) is 25.0 Å². The van der Waals surface area contributed by atoms with E-state index < -0.39 is 0 Å². The predicted octanol–water partition coefficient (Wildman–Crippen LogP) is 3.50. The van der Waals surface area contributed by atoms with Crippen LogP contribution in [0.4, 0.5) is 0 Å². The molecule has 2 unspecified atom stereocenters. The minimum absolute atomic E-state index is 0.0250. The van der Waals surface area contributed by atoms with Crippen molar-refractivity contribution in [3.8, 4) is 0 Å². The molecule has 2 aromatic rings. The van der Waals surface area contributed by atoms with Gasteiger partial charge in [0, 0.05) is 26.2 Å². The molecule has 0 aliphatic carbocycles. The summed E-state index contributed by atoms with van der Waals surface area (Å²) in [5.74, 6) is 0.178. The van der Waals surface area contributed by atoms with E-state index in [1.54, 1.807) is 0 Å². The maximum atomic E-state index is 12.8. The number of nitrogens with zero attached hydrogens (tertiary/aromatic N) is 2. The lowest BCUT2D eigenvalue weighted by Crippen LogP contribution is -2.48. The number of hydrogen-bond acceptors (Lipinski definition) is 3. The van der Waals surface area contributed by atoms with Crippen molar-refractivity contribution in [1.29, 1.82) is 0 Å². The average Bonchev–Trinajstić information content (AvgIpc) is 2.67. The zero-order valence-corrected chi connectivity index (χ0v) is 15.7. The standard InChI is InChI=1S/C22H28N2O2/c1-3-24(15-19-10-6-4-7-11-19)22(25)17-23-14-18(2)26-21(16-23)20-12-8-5-9-13-20/h4-13,18,21H,3,14-17H2,1-2H3. The summed E-state index contributed by atoms with van der Waals surface area (Å²) < 4.78 is 6.10. The molecule has 2 atom stereocenters. The fourth-order valence-electron chi connectivity index (χ4n) is 3.49. The van der Waals surface area contributed by atoms with Gasteiger partial charge in [0.2, 0.25) is 5.91 Å². The quantitative estimate of drug-likeness (QED) is 0.798. The van der Waals surface area contributed by atoms with E-state index in [-0.39, 0.29) is 18.1 Å². The van der Waals surface area contributed by atoms with Crippen molar-refractivity contribution >= 4 is 5.91 Å². The second-order valence-corrected chi connectivity index (χ2v) is 6.93. The Bertz CT molecular complexity index is 690. The van der Waals surface area contributed by atoms with Gasteiger partial charge in [-0.25, -0.2) is 0 Å². The summed E-state index contributed by atoms with van der Waals surface area (Å²) in [4.78, 5) is 17.0. The van der Waals surface area contributed by atoms with Gasteiger partial charge in [-0.3, -0.25) is 9.69 Å². The maximum Gasteiger partial charge on any atom is 0.237 e. The Hall–Kier alpha value is -2.17. The number of benzene rings is 2. The summed E-state index contributed by atoms with van der Waals surface area (Å²) in [5.41, 5.74) is 2.34. The van der Waals surface area contributed by atoms with Crippen molar-refractivity contribution in [3.05, 3.63) is 71.8 Å². The molecule has 1 aliphatic rings. The molecule has 0 radical (unpaired) electrons. The van der Waals surface area contributed by atoms with E-state index in [2.05, 4.69) is 36.1 Å². The van der Waals surface area contributed by atoms with Gasteiger partial charge >= 0.3 is 0 Å². The molecule has 0 aromatic heterocycles. The van der Waals surface area contributed by atoms with Crippen LogP contribution < -0.4 is 0 Å². The highest BCUT2D eigenvalue weighted by atomic mass is 16.5. The first-order chi connectivity index (χ1) is 12.7. The van der Waals surface area contributed by atoms with Crippen LogP contribution in [0.25, 0.3) is 0 Å². The summed E-state index contributed by atoms with van der Waals surface area (Å²) in [6.45, 7) is 7.48. The highest BCUT2D eigenvalue weighted by Gasteiger charge is 2.28. The van der Waals surface area contributed by atoms with Crippen molar-refractivity contribution in [2.45, 2.75) is 32.6 Å². The summed E-state index contributed by atoms with van der Waals surface area (Å²) >= 11 is 0. The van der Waals surface area contributed by atoms with Gasteiger partial charge in [0.05, 0.1) is 18.8 Å². The molecule has 0 spiro atoms. The van der Waals surface area contributed by atoms with Crippen molar-refractivity contribution in [3.63, 3.8) is 0 Å². The third-order valence-electron chi connectivity index (χ3n) is 4.82. The number of ether oxygens (including phenoxy) is 1. The van der Waals surface area contributed by atoms with E-state index in [1.165, 1.54) is 11.1 Å². The second kappa shape index (κ2) is 8.97. The minimum Gasteiger partial charge on any atom is -0.368 e. The van der Waals surface area contributed by atoms with Crippen LogP contribution in [0.15, 0.2) is 60.7 Å². The van der Waals surface area contributed by atoms with Crippen LogP contribution in [-0.2, 0) is 16.1 Å². The molecule has 2 aromatic carbocycles. The summed E-state index contributed by atoms with van der Waals surface area (Å²) in [6.07, 6.45) is 0.142.